The molecule has 1 aromatic rings. The lowest BCUT2D eigenvalue weighted by Gasteiger charge is -2.50. The van der Waals surface area contributed by atoms with E-state index in [0.29, 0.717) is 17.2 Å². The van der Waals surface area contributed by atoms with Gasteiger partial charge in [-0.1, -0.05) is 18.2 Å². The predicted octanol–water partition coefficient (Wildman–Crippen LogP) is 0.828. The highest BCUT2D eigenvalue weighted by atomic mass is 32.2. The summed E-state index contributed by atoms with van der Waals surface area (Å²) in [6.07, 6.45) is 0. The Morgan fingerprint density at radius 3 is 2.65 bits per heavy atom. The number of likely N-dealkylation sites (N-methyl/N-ethyl adjacent to an activating group) is 1. The van der Waals surface area contributed by atoms with Crippen LogP contribution in [0.25, 0.3) is 0 Å². The van der Waals surface area contributed by atoms with Gasteiger partial charge in [0.1, 0.15) is 22.9 Å². The van der Waals surface area contributed by atoms with Gasteiger partial charge < -0.3 is 15.0 Å². The summed E-state index contributed by atoms with van der Waals surface area (Å²) < 4.78 is 5.40. The fourth-order valence-corrected chi connectivity index (χ4v) is 4.16. The molecule has 3 amide bonds. The number of nitrogens with zero attached hydrogens (tertiary/aromatic N) is 2. The third kappa shape index (κ3) is 3.41. The topological polar surface area (TPSA) is 79.0 Å². The summed E-state index contributed by atoms with van der Waals surface area (Å²) in [5.74, 6) is 0.419. The molecule has 2 atom stereocenters. The molecule has 1 aromatic carbocycles. The lowest BCUT2D eigenvalue weighted by molar-refractivity contribution is -0.149. The van der Waals surface area contributed by atoms with Gasteiger partial charge in [0.05, 0.1) is 0 Å². The van der Waals surface area contributed by atoms with Crippen molar-refractivity contribution < 1.29 is 19.1 Å². The Balaban J connectivity index is 1.61. The van der Waals surface area contributed by atoms with Gasteiger partial charge in [-0.15, -0.1) is 11.8 Å². The highest BCUT2D eigenvalue weighted by Crippen LogP contribution is 2.40. The Morgan fingerprint density at radius 2 is 2.00 bits per heavy atom. The van der Waals surface area contributed by atoms with Crippen molar-refractivity contribution in [1.29, 1.82) is 0 Å². The van der Waals surface area contributed by atoms with Crippen molar-refractivity contribution in [3.63, 3.8) is 0 Å². The van der Waals surface area contributed by atoms with E-state index >= 15 is 0 Å². The molecular formula is C18H21N3O4S. The van der Waals surface area contributed by atoms with E-state index in [1.54, 1.807) is 38.0 Å². The fraction of sp³-hybridized carbons (Fsp3) is 0.389. The number of hydrogen-bond donors (Lipinski definition) is 1. The monoisotopic (exact) mass is 375 g/mol. The lowest BCUT2D eigenvalue weighted by atomic mass is 10.0. The van der Waals surface area contributed by atoms with Crippen LogP contribution in [0.3, 0.4) is 0 Å². The van der Waals surface area contributed by atoms with E-state index in [9.17, 15) is 14.4 Å². The van der Waals surface area contributed by atoms with Crippen LogP contribution in [0, 0.1) is 0 Å². The zero-order valence-electron chi connectivity index (χ0n) is 14.9. The van der Waals surface area contributed by atoms with E-state index in [1.807, 2.05) is 25.1 Å². The quantitative estimate of drug-likeness (QED) is 0.771. The molecule has 0 unspecified atom stereocenters. The Bertz CT molecular complexity index is 763. The van der Waals surface area contributed by atoms with Crippen LogP contribution in [-0.2, 0) is 14.4 Å². The van der Waals surface area contributed by atoms with Gasteiger partial charge in [-0.05, 0) is 24.6 Å². The smallest absolute Gasteiger partial charge is 0.270 e. The molecule has 1 fully saturated rings. The number of ether oxygens (including phenoxy) is 1. The van der Waals surface area contributed by atoms with Crippen LogP contribution in [0.1, 0.15) is 6.92 Å². The number of β-lactam (4-membered cyclic amide) rings is 1. The Labute approximate surface area is 156 Å². The van der Waals surface area contributed by atoms with Crippen LogP contribution in [0.15, 0.2) is 41.6 Å². The molecule has 0 aliphatic carbocycles. The molecule has 7 nitrogen and oxygen atoms in total. The zero-order valence-corrected chi connectivity index (χ0v) is 15.7. The molecule has 2 aliphatic heterocycles. The molecule has 8 heteroatoms. The minimum atomic E-state index is -0.634. The number of nitrogens with one attached hydrogen (secondary N) is 1. The number of amides is 3. The van der Waals surface area contributed by atoms with E-state index in [1.165, 1.54) is 9.80 Å². The number of para-hydroxylation sites is 1. The van der Waals surface area contributed by atoms with Gasteiger partial charge in [-0.3, -0.25) is 19.3 Å². The Kier molecular flexibility index (Phi) is 5.22. The van der Waals surface area contributed by atoms with Crippen LogP contribution >= 0.6 is 11.8 Å². The SMILES string of the molecule is CC1=C(C(=O)N(C)C)N2C(=O)[C@@H](NC(=O)COc3ccccc3)[C@H]2SC1. The molecule has 1 N–H and O–H groups in total. The molecular weight excluding hydrogens is 354 g/mol. The maximum atomic E-state index is 12.5. The van der Waals surface area contributed by atoms with Crippen LogP contribution in [0.5, 0.6) is 5.75 Å². The first kappa shape index (κ1) is 18.3. The minimum Gasteiger partial charge on any atom is -0.484 e. The molecule has 26 heavy (non-hydrogen) atoms. The molecule has 2 heterocycles. The second-order valence-corrected chi connectivity index (χ2v) is 7.49. The van der Waals surface area contributed by atoms with Gasteiger partial charge in [-0.2, -0.15) is 0 Å². The minimum absolute atomic E-state index is 0.163. The maximum absolute atomic E-state index is 12.5. The van der Waals surface area contributed by atoms with Gasteiger partial charge in [0, 0.05) is 19.8 Å². The highest BCUT2D eigenvalue weighted by molar-refractivity contribution is 8.00. The number of thioether (sulfide) groups is 1. The maximum Gasteiger partial charge on any atom is 0.270 e. The third-order valence-corrected chi connectivity index (χ3v) is 5.62. The third-order valence-electron chi connectivity index (χ3n) is 4.20. The van der Waals surface area contributed by atoms with Crippen molar-refractivity contribution in [2.45, 2.75) is 18.3 Å². The predicted molar refractivity (Wildman–Crippen MR) is 98.4 cm³/mol. The molecule has 0 saturated carbocycles. The van der Waals surface area contributed by atoms with E-state index in [0.717, 1.165) is 5.57 Å². The van der Waals surface area contributed by atoms with Crippen molar-refractivity contribution >= 4 is 29.5 Å². The lowest BCUT2D eigenvalue weighted by Crippen LogP contribution is -2.71. The Hall–Kier alpha value is -2.48. The first-order chi connectivity index (χ1) is 12.4. The number of carbonyl (C=O) groups excluding carboxylic acids is 3. The van der Waals surface area contributed by atoms with Crippen molar-refractivity contribution in [2.24, 2.45) is 0 Å². The van der Waals surface area contributed by atoms with Gasteiger partial charge in [-0.25, -0.2) is 0 Å². The fourth-order valence-electron chi connectivity index (χ4n) is 2.87. The summed E-state index contributed by atoms with van der Waals surface area (Å²) in [6.45, 7) is 1.69. The average Bonchev–Trinajstić information content (AvgIpc) is 2.64. The normalized spacial score (nSPS) is 21.7. The van der Waals surface area contributed by atoms with E-state index in [4.69, 9.17) is 4.74 Å². The zero-order chi connectivity index (χ0) is 18.8. The molecule has 0 radical (unpaired) electrons. The number of benzene rings is 1. The summed E-state index contributed by atoms with van der Waals surface area (Å²) in [4.78, 5) is 40.0. The van der Waals surface area contributed by atoms with Crippen LogP contribution in [0.2, 0.25) is 0 Å². The number of rotatable bonds is 5. The highest BCUT2D eigenvalue weighted by Gasteiger charge is 2.53. The first-order valence-electron chi connectivity index (χ1n) is 8.23. The second kappa shape index (κ2) is 7.41. The second-order valence-electron chi connectivity index (χ2n) is 6.39. The number of fused-ring (bicyclic) bond motifs is 1. The average molecular weight is 375 g/mol. The summed E-state index contributed by atoms with van der Waals surface area (Å²) >= 11 is 1.54. The van der Waals surface area contributed by atoms with E-state index in [2.05, 4.69) is 5.32 Å². The van der Waals surface area contributed by atoms with Crippen molar-refractivity contribution in [3.05, 3.63) is 41.6 Å². The summed E-state index contributed by atoms with van der Waals surface area (Å²) in [5, 5.41) is 2.46. The summed E-state index contributed by atoms with van der Waals surface area (Å²) in [6, 6.07) is 8.37. The van der Waals surface area contributed by atoms with Crippen LogP contribution < -0.4 is 10.1 Å². The number of carbonyl (C=O) groups is 3. The van der Waals surface area contributed by atoms with Crippen LogP contribution in [0.4, 0.5) is 0 Å². The standard InChI is InChI=1S/C18H21N3O4S/c1-11-10-26-18-14(16(23)21(18)15(11)17(24)20(2)3)19-13(22)9-25-12-7-5-4-6-8-12/h4-8,14,18H,9-10H2,1-3H3,(H,19,22)/t14-,18-/m1/s1. The van der Waals surface area contributed by atoms with Crippen LogP contribution in [-0.4, -0.2) is 65.4 Å². The van der Waals surface area contributed by atoms with Gasteiger partial charge in [0.25, 0.3) is 17.7 Å². The molecule has 3 rings (SSSR count). The first-order valence-corrected chi connectivity index (χ1v) is 9.28. The molecule has 1 saturated heterocycles. The summed E-state index contributed by atoms with van der Waals surface area (Å²) in [7, 11) is 3.31. The Morgan fingerprint density at radius 1 is 1.31 bits per heavy atom. The molecule has 0 bridgehead atoms. The van der Waals surface area contributed by atoms with E-state index < -0.39 is 6.04 Å². The summed E-state index contributed by atoms with van der Waals surface area (Å²) in [5.41, 5.74) is 1.30. The van der Waals surface area contributed by atoms with E-state index in [-0.39, 0.29) is 29.7 Å². The van der Waals surface area contributed by atoms with Gasteiger partial charge in [0.15, 0.2) is 6.61 Å². The molecule has 138 valence electrons. The van der Waals surface area contributed by atoms with Crippen molar-refractivity contribution in [2.75, 3.05) is 26.5 Å². The molecule has 0 aromatic heterocycles. The molecule has 0 spiro atoms. The largest absolute Gasteiger partial charge is 0.484 e. The number of hydrogen-bond acceptors (Lipinski definition) is 5. The van der Waals surface area contributed by atoms with Crippen molar-refractivity contribution in [1.82, 2.24) is 15.1 Å². The van der Waals surface area contributed by atoms with Gasteiger partial charge >= 0.3 is 0 Å². The van der Waals surface area contributed by atoms with Gasteiger partial charge in [0.2, 0.25) is 0 Å². The molecule has 2 aliphatic rings. The van der Waals surface area contributed by atoms with Crippen molar-refractivity contribution in [3.8, 4) is 5.75 Å².